The maximum atomic E-state index is 4.06. The van der Waals surface area contributed by atoms with Crippen LogP contribution in [0.15, 0.2) is 12.7 Å². The fraction of sp³-hybridized carbons (Fsp3) is 0.800. The highest BCUT2D eigenvalue weighted by molar-refractivity contribution is 4.63. The molecule has 1 N–H and O–H groups in total. The quantitative estimate of drug-likeness (QED) is 0.746. The molecule has 0 aromatic carbocycles. The van der Waals surface area contributed by atoms with Crippen LogP contribution in [0.5, 0.6) is 0 Å². The molecular weight excluding hydrogens is 176 g/mol. The van der Waals surface area contributed by atoms with Crippen molar-refractivity contribution in [2.75, 3.05) is 6.54 Å². The van der Waals surface area contributed by atoms with Crippen molar-refractivity contribution >= 4 is 0 Å². The van der Waals surface area contributed by atoms with E-state index in [1.54, 1.807) is 12.7 Å². The van der Waals surface area contributed by atoms with E-state index in [0.29, 0.717) is 12.0 Å². The van der Waals surface area contributed by atoms with Crippen molar-refractivity contribution in [3.63, 3.8) is 0 Å². The summed E-state index contributed by atoms with van der Waals surface area (Å²) in [5.41, 5.74) is 0. The summed E-state index contributed by atoms with van der Waals surface area (Å²) in [6.07, 6.45) is 4.43. The van der Waals surface area contributed by atoms with Crippen LogP contribution >= 0.6 is 0 Å². The zero-order chi connectivity index (χ0) is 10.4. The molecule has 0 aliphatic carbocycles. The number of nitrogens with zero attached hydrogens (tertiary/aromatic N) is 3. The van der Waals surface area contributed by atoms with Gasteiger partial charge in [-0.3, -0.25) is 4.68 Å². The van der Waals surface area contributed by atoms with Crippen LogP contribution in [-0.2, 0) is 6.54 Å². The van der Waals surface area contributed by atoms with Gasteiger partial charge in [0.05, 0.1) is 0 Å². The van der Waals surface area contributed by atoms with Crippen molar-refractivity contribution < 1.29 is 0 Å². The molecule has 0 radical (unpaired) electrons. The first-order chi connectivity index (χ1) is 6.68. The van der Waals surface area contributed by atoms with Gasteiger partial charge in [-0.1, -0.05) is 13.8 Å². The molecular formula is C10H20N4. The van der Waals surface area contributed by atoms with E-state index in [2.05, 4.69) is 36.2 Å². The van der Waals surface area contributed by atoms with Crippen molar-refractivity contribution in [1.29, 1.82) is 0 Å². The van der Waals surface area contributed by atoms with Crippen LogP contribution in [0.25, 0.3) is 0 Å². The van der Waals surface area contributed by atoms with Crippen molar-refractivity contribution in [2.24, 2.45) is 5.92 Å². The van der Waals surface area contributed by atoms with E-state index in [0.717, 1.165) is 19.5 Å². The Morgan fingerprint density at radius 2 is 2.14 bits per heavy atom. The largest absolute Gasteiger partial charge is 0.314 e. The number of aromatic nitrogens is 3. The third-order valence-electron chi connectivity index (χ3n) is 2.13. The van der Waals surface area contributed by atoms with Gasteiger partial charge in [0.1, 0.15) is 12.7 Å². The minimum Gasteiger partial charge on any atom is -0.314 e. The zero-order valence-electron chi connectivity index (χ0n) is 9.27. The predicted octanol–water partition coefficient (Wildman–Crippen LogP) is 1.30. The van der Waals surface area contributed by atoms with Gasteiger partial charge in [0.2, 0.25) is 0 Å². The number of aryl methyl sites for hydroxylation is 1. The molecule has 80 valence electrons. The molecule has 1 unspecified atom stereocenters. The summed E-state index contributed by atoms with van der Waals surface area (Å²) in [5, 5.41) is 7.54. The Labute approximate surface area is 85.7 Å². The van der Waals surface area contributed by atoms with Gasteiger partial charge in [-0.15, -0.1) is 0 Å². The second kappa shape index (κ2) is 5.75. The van der Waals surface area contributed by atoms with Crippen LogP contribution in [0.1, 0.15) is 27.2 Å². The van der Waals surface area contributed by atoms with Crippen molar-refractivity contribution in [3.8, 4) is 0 Å². The predicted molar refractivity (Wildman–Crippen MR) is 56.9 cm³/mol. The fourth-order valence-electron chi connectivity index (χ4n) is 1.21. The Balaban J connectivity index is 2.12. The second-order valence-electron chi connectivity index (χ2n) is 4.15. The van der Waals surface area contributed by atoms with Gasteiger partial charge in [-0.05, 0) is 25.8 Å². The number of hydrogen-bond acceptors (Lipinski definition) is 3. The molecule has 14 heavy (non-hydrogen) atoms. The first-order valence-electron chi connectivity index (χ1n) is 5.24. The van der Waals surface area contributed by atoms with Crippen LogP contribution in [-0.4, -0.2) is 27.4 Å². The third kappa shape index (κ3) is 4.37. The zero-order valence-corrected chi connectivity index (χ0v) is 9.27. The van der Waals surface area contributed by atoms with Crippen molar-refractivity contribution in [3.05, 3.63) is 12.7 Å². The van der Waals surface area contributed by atoms with E-state index < -0.39 is 0 Å². The molecule has 0 aliphatic rings. The second-order valence-corrected chi connectivity index (χ2v) is 4.15. The van der Waals surface area contributed by atoms with Gasteiger partial charge in [-0.25, -0.2) is 4.98 Å². The van der Waals surface area contributed by atoms with E-state index in [-0.39, 0.29) is 0 Å². The molecule has 0 aliphatic heterocycles. The molecule has 0 fully saturated rings. The van der Waals surface area contributed by atoms with Gasteiger partial charge in [0.15, 0.2) is 0 Å². The van der Waals surface area contributed by atoms with Gasteiger partial charge in [0, 0.05) is 12.6 Å². The Bertz CT molecular complexity index is 230. The van der Waals surface area contributed by atoms with Gasteiger partial charge < -0.3 is 5.32 Å². The van der Waals surface area contributed by atoms with E-state index in [4.69, 9.17) is 0 Å². The van der Waals surface area contributed by atoms with E-state index in [9.17, 15) is 0 Å². The van der Waals surface area contributed by atoms with E-state index >= 15 is 0 Å². The number of hydrogen-bond donors (Lipinski definition) is 1. The molecule has 1 rings (SSSR count). The van der Waals surface area contributed by atoms with Crippen molar-refractivity contribution in [2.45, 2.75) is 39.8 Å². The Morgan fingerprint density at radius 3 is 2.71 bits per heavy atom. The summed E-state index contributed by atoms with van der Waals surface area (Å²) in [6.45, 7) is 8.67. The van der Waals surface area contributed by atoms with Gasteiger partial charge >= 0.3 is 0 Å². The average molecular weight is 196 g/mol. The summed E-state index contributed by atoms with van der Waals surface area (Å²) in [7, 11) is 0. The van der Waals surface area contributed by atoms with Crippen LogP contribution in [0.4, 0.5) is 0 Å². The van der Waals surface area contributed by atoms with Crippen LogP contribution in [0.2, 0.25) is 0 Å². The van der Waals surface area contributed by atoms with E-state index in [1.807, 2.05) is 4.68 Å². The molecule has 1 heterocycles. The van der Waals surface area contributed by atoms with E-state index in [1.165, 1.54) is 0 Å². The lowest BCUT2D eigenvalue weighted by Crippen LogP contribution is -2.30. The lowest BCUT2D eigenvalue weighted by atomic mass is 10.2. The Hall–Kier alpha value is -0.900. The number of rotatable bonds is 6. The lowest BCUT2D eigenvalue weighted by Gasteiger charge is -2.15. The Kier molecular flexibility index (Phi) is 4.59. The topological polar surface area (TPSA) is 42.7 Å². The minimum atomic E-state index is 0.543. The molecule has 0 saturated heterocycles. The SMILES string of the molecule is CC(C)CNC(C)CCn1cncn1. The summed E-state index contributed by atoms with van der Waals surface area (Å²) in [4.78, 5) is 3.91. The molecule has 0 amide bonds. The summed E-state index contributed by atoms with van der Waals surface area (Å²) in [6, 6.07) is 0.543. The smallest absolute Gasteiger partial charge is 0.137 e. The summed E-state index contributed by atoms with van der Waals surface area (Å²) in [5.74, 6) is 0.712. The molecule has 1 aromatic heterocycles. The van der Waals surface area contributed by atoms with Crippen LogP contribution < -0.4 is 5.32 Å². The average Bonchev–Trinajstić information content (AvgIpc) is 2.63. The highest BCUT2D eigenvalue weighted by Gasteiger charge is 2.02. The third-order valence-corrected chi connectivity index (χ3v) is 2.13. The highest BCUT2D eigenvalue weighted by atomic mass is 15.3. The summed E-state index contributed by atoms with van der Waals surface area (Å²) < 4.78 is 1.87. The Morgan fingerprint density at radius 1 is 1.36 bits per heavy atom. The van der Waals surface area contributed by atoms with Crippen molar-refractivity contribution in [1.82, 2.24) is 20.1 Å². The first-order valence-corrected chi connectivity index (χ1v) is 5.24. The highest BCUT2D eigenvalue weighted by Crippen LogP contribution is 1.96. The molecule has 0 saturated carbocycles. The lowest BCUT2D eigenvalue weighted by molar-refractivity contribution is 0.430. The maximum Gasteiger partial charge on any atom is 0.137 e. The number of nitrogens with one attached hydrogen (secondary N) is 1. The first kappa shape index (κ1) is 11.2. The molecule has 0 spiro atoms. The van der Waals surface area contributed by atoms with Crippen LogP contribution in [0, 0.1) is 5.92 Å². The normalized spacial score (nSPS) is 13.4. The standard InChI is InChI=1S/C10H20N4/c1-9(2)6-12-10(3)4-5-14-8-11-7-13-14/h7-10,12H,4-6H2,1-3H3. The fourth-order valence-corrected chi connectivity index (χ4v) is 1.21. The molecule has 1 aromatic rings. The van der Waals surface area contributed by atoms with Crippen LogP contribution in [0.3, 0.4) is 0 Å². The molecule has 0 bridgehead atoms. The molecule has 4 heteroatoms. The summed E-state index contributed by atoms with van der Waals surface area (Å²) >= 11 is 0. The molecule has 4 nitrogen and oxygen atoms in total. The molecule has 1 atom stereocenters. The maximum absolute atomic E-state index is 4.06. The van der Waals surface area contributed by atoms with Gasteiger partial charge in [-0.2, -0.15) is 5.10 Å². The monoisotopic (exact) mass is 196 g/mol. The van der Waals surface area contributed by atoms with Gasteiger partial charge in [0.25, 0.3) is 0 Å². The minimum absolute atomic E-state index is 0.543.